The van der Waals surface area contributed by atoms with Crippen LogP contribution in [0.15, 0.2) is 59.6 Å². The van der Waals surface area contributed by atoms with Crippen LogP contribution in [0.25, 0.3) is 0 Å². The molecule has 4 rings (SSSR count). The molecule has 2 heterocycles. The fraction of sp³-hybridized carbons (Fsp3) is 0.321. The van der Waals surface area contributed by atoms with E-state index in [0.29, 0.717) is 16.9 Å². The van der Waals surface area contributed by atoms with Crippen LogP contribution in [0.4, 0.5) is 5.69 Å². The van der Waals surface area contributed by atoms with Gasteiger partial charge in [-0.15, -0.1) is 0 Å². The lowest BCUT2D eigenvalue weighted by molar-refractivity contribution is -0.131. The molecule has 0 saturated heterocycles. The number of amides is 2. The Kier molecular flexibility index (Phi) is 8.48. The van der Waals surface area contributed by atoms with Crippen LogP contribution in [-0.4, -0.2) is 78.1 Å². The largest absolute Gasteiger partial charge is 0.497 e. The van der Waals surface area contributed by atoms with E-state index < -0.39 is 27.4 Å². The number of aromatic nitrogens is 1. The van der Waals surface area contributed by atoms with Gasteiger partial charge >= 0.3 is 0 Å². The number of halogens is 1. The number of methoxy groups -OCH3 is 3. The summed E-state index contributed by atoms with van der Waals surface area (Å²) in [7, 11) is 2.85. The van der Waals surface area contributed by atoms with Gasteiger partial charge in [-0.25, -0.2) is 17.7 Å². The van der Waals surface area contributed by atoms with Crippen LogP contribution in [0.3, 0.4) is 0 Å². The topological polar surface area (TPSA) is 127 Å². The Morgan fingerprint density at radius 1 is 1.07 bits per heavy atom. The Balaban J connectivity index is 1.99. The van der Waals surface area contributed by atoms with E-state index in [-0.39, 0.29) is 39.7 Å². The highest BCUT2D eigenvalue weighted by Gasteiger charge is 2.57. The number of nitrogens with one attached hydrogen (secondary N) is 1. The average Bonchev–Trinajstić information content (AvgIpc) is 3.22. The van der Waals surface area contributed by atoms with Crippen LogP contribution < -0.4 is 23.8 Å². The first kappa shape index (κ1) is 30.1. The predicted octanol–water partition coefficient (Wildman–Crippen LogP) is 2.85. The third-order valence-corrected chi connectivity index (χ3v) is 8.96. The number of hydrogen-bond donors (Lipinski definition) is 1. The molecule has 0 bridgehead atoms. The van der Waals surface area contributed by atoms with Gasteiger partial charge in [0.1, 0.15) is 21.8 Å². The van der Waals surface area contributed by atoms with Gasteiger partial charge in [0.2, 0.25) is 11.8 Å². The van der Waals surface area contributed by atoms with E-state index in [1.807, 2.05) is 0 Å². The molecular weight excluding hydrogens is 572 g/mol. The number of sulfonamides is 1. The molecule has 1 aliphatic heterocycles. The molecule has 0 spiro atoms. The summed E-state index contributed by atoms with van der Waals surface area (Å²) in [6.45, 7) is 1.49. The third-order valence-electron chi connectivity index (χ3n) is 6.98. The van der Waals surface area contributed by atoms with Gasteiger partial charge in [-0.2, -0.15) is 0 Å². The van der Waals surface area contributed by atoms with E-state index in [9.17, 15) is 18.0 Å². The smallest absolute Gasteiger partial charge is 0.274 e. The Morgan fingerprint density at radius 3 is 2.44 bits per heavy atom. The quantitative estimate of drug-likeness (QED) is 0.373. The summed E-state index contributed by atoms with van der Waals surface area (Å²) < 4.78 is 45.5. The molecule has 0 aliphatic carbocycles. The van der Waals surface area contributed by atoms with Crippen LogP contribution in [0.5, 0.6) is 17.4 Å². The zero-order valence-electron chi connectivity index (χ0n) is 23.5. The SMILES string of the molecule is COc1ccc(S(=O)(=O)N2C(=O)C(CN[C@@H](C)C(=O)N(C)C)(c3cccnc3OC)c3cc(Cl)ccc32)c(OC)c1. The molecule has 1 N–H and O–H groups in total. The van der Waals surface area contributed by atoms with E-state index in [0.717, 1.165) is 4.31 Å². The minimum atomic E-state index is -4.55. The van der Waals surface area contributed by atoms with Crippen LogP contribution in [0.1, 0.15) is 18.1 Å². The number of anilines is 1. The first-order chi connectivity index (χ1) is 19.4. The Morgan fingerprint density at radius 2 is 1.80 bits per heavy atom. The minimum Gasteiger partial charge on any atom is -0.497 e. The summed E-state index contributed by atoms with van der Waals surface area (Å²) in [4.78, 5) is 32.9. The standard InChI is InChI=1S/C28H31ClN4O7S/c1-17(26(34)32(2)3)31-16-28(20-8-7-13-30-25(20)40-6)21-14-18(29)9-11-22(21)33(27(28)35)41(36,37)24-12-10-19(38-4)15-23(24)39-5/h7-15,17,31H,16H2,1-6H3/t17-,28?/m0/s1. The lowest BCUT2D eigenvalue weighted by Crippen LogP contribution is -2.53. The highest BCUT2D eigenvalue weighted by molar-refractivity contribution is 7.93. The molecule has 1 aliphatic rings. The molecule has 0 fully saturated rings. The van der Waals surface area contributed by atoms with Gasteiger partial charge < -0.3 is 24.4 Å². The number of carbonyl (C=O) groups excluding carboxylic acids is 2. The zero-order chi connectivity index (χ0) is 30.1. The molecule has 218 valence electrons. The summed E-state index contributed by atoms with van der Waals surface area (Å²) in [5, 5.41) is 3.42. The van der Waals surface area contributed by atoms with Crippen molar-refractivity contribution in [3.05, 3.63) is 70.9 Å². The second-order valence-corrected chi connectivity index (χ2v) is 11.7. The number of pyridine rings is 1. The van der Waals surface area contributed by atoms with Crippen molar-refractivity contribution in [2.24, 2.45) is 0 Å². The Bertz CT molecular complexity index is 1600. The lowest BCUT2D eigenvalue weighted by atomic mass is 9.75. The summed E-state index contributed by atoms with van der Waals surface area (Å²) in [6, 6.07) is 11.3. The van der Waals surface area contributed by atoms with Gasteiger partial charge in [-0.05, 0) is 48.9 Å². The first-order valence-electron chi connectivity index (χ1n) is 12.5. The highest BCUT2D eigenvalue weighted by Crippen LogP contribution is 2.51. The monoisotopic (exact) mass is 602 g/mol. The number of likely N-dealkylation sites (N-methyl/N-ethyl adjacent to an activating group) is 1. The molecule has 0 radical (unpaired) electrons. The maximum atomic E-state index is 14.7. The number of hydrogen-bond acceptors (Lipinski definition) is 9. The first-order valence-corrected chi connectivity index (χ1v) is 14.3. The summed E-state index contributed by atoms with van der Waals surface area (Å²) in [6.07, 6.45) is 1.50. The summed E-state index contributed by atoms with van der Waals surface area (Å²) in [5.74, 6) is -0.564. The molecule has 0 saturated carbocycles. The highest BCUT2D eigenvalue weighted by atomic mass is 35.5. The van der Waals surface area contributed by atoms with E-state index in [4.69, 9.17) is 25.8 Å². The van der Waals surface area contributed by atoms with Gasteiger partial charge in [0.25, 0.3) is 15.9 Å². The van der Waals surface area contributed by atoms with Gasteiger partial charge in [-0.3, -0.25) is 9.59 Å². The van der Waals surface area contributed by atoms with E-state index in [2.05, 4.69) is 10.3 Å². The average molecular weight is 603 g/mol. The molecule has 2 atom stereocenters. The summed E-state index contributed by atoms with van der Waals surface area (Å²) >= 11 is 6.43. The number of rotatable bonds is 10. The predicted molar refractivity (Wildman–Crippen MR) is 153 cm³/mol. The van der Waals surface area contributed by atoms with Gasteiger partial charge in [0.05, 0.1) is 33.1 Å². The summed E-state index contributed by atoms with van der Waals surface area (Å²) in [5.41, 5.74) is -1.01. The van der Waals surface area contributed by atoms with E-state index in [1.54, 1.807) is 39.2 Å². The number of benzene rings is 2. The molecule has 2 aromatic carbocycles. The van der Waals surface area contributed by atoms with Gasteiger partial charge in [0.15, 0.2) is 0 Å². The van der Waals surface area contributed by atoms with Crippen molar-refractivity contribution in [1.29, 1.82) is 0 Å². The lowest BCUT2D eigenvalue weighted by Gasteiger charge is -2.32. The molecule has 3 aromatic rings. The zero-order valence-corrected chi connectivity index (χ0v) is 25.0. The maximum absolute atomic E-state index is 14.7. The van der Waals surface area contributed by atoms with E-state index >= 15 is 0 Å². The fourth-order valence-electron chi connectivity index (χ4n) is 4.94. The second kappa shape index (κ2) is 11.6. The van der Waals surface area contributed by atoms with Crippen molar-refractivity contribution >= 4 is 39.1 Å². The molecular formula is C28H31ClN4O7S. The third kappa shape index (κ3) is 5.07. The van der Waals surface area contributed by atoms with Crippen molar-refractivity contribution in [3.63, 3.8) is 0 Å². The van der Waals surface area contributed by atoms with Crippen LogP contribution in [0.2, 0.25) is 5.02 Å². The van der Waals surface area contributed by atoms with Crippen molar-refractivity contribution < 1.29 is 32.2 Å². The van der Waals surface area contributed by atoms with E-state index in [1.165, 1.54) is 62.8 Å². The van der Waals surface area contributed by atoms with Crippen LogP contribution in [0, 0.1) is 0 Å². The van der Waals surface area contributed by atoms with Crippen molar-refractivity contribution in [1.82, 2.24) is 15.2 Å². The second-order valence-electron chi connectivity index (χ2n) is 9.55. The van der Waals surface area contributed by atoms with Crippen LogP contribution in [-0.2, 0) is 25.0 Å². The van der Waals surface area contributed by atoms with Crippen molar-refractivity contribution in [2.45, 2.75) is 23.3 Å². The normalized spacial score (nSPS) is 17.1. The molecule has 11 nitrogen and oxygen atoms in total. The molecule has 41 heavy (non-hydrogen) atoms. The van der Waals surface area contributed by atoms with Crippen LogP contribution >= 0.6 is 11.6 Å². The maximum Gasteiger partial charge on any atom is 0.274 e. The van der Waals surface area contributed by atoms with Crippen molar-refractivity contribution in [3.8, 4) is 17.4 Å². The number of ether oxygens (including phenoxy) is 3. The Labute approximate surface area is 244 Å². The number of nitrogens with zero attached hydrogens (tertiary/aromatic N) is 3. The number of carbonyl (C=O) groups is 2. The van der Waals surface area contributed by atoms with Crippen molar-refractivity contribution in [2.75, 3.05) is 46.3 Å². The van der Waals surface area contributed by atoms with Gasteiger partial charge in [-0.1, -0.05) is 17.7 Å². The molecule has 2 amide bonds. The molecule has 13 heteroatoms. The molecule has 1 unspecified atom stereocenters. The molecule has 1 aromatic heterocycles. The fourth-order valence-corrected chi connectivity index (χ4v) is 6.73. The number of fused-ring (bicyclic) bond motifs is 1. The van der Waals surface area contributed by atoms with Gasteiger partial charge in [0, 0.05) is 43.5 Å². The minimum absolute atomic E-state index is 0.00699. The Hall–Kier alpha value is -3.87.